The fourth-order valence-corrected chi connectivity index (χ4v) is 4.89. The lowest BCUT2D eigenvalue weighted by Crippen LogP contribution is -2.02. The number of fused-ring (bicyclic) bond motifs is 1. The molecule has 0 spiro atoms. The van der Waals surface area contributed by atoms with E-state index >= 15 is 0 Å². The number of anilines is 1. The molecule has 0 bridgehead atoms. The summed E-state index contributed by atoms with van der Waals surface area (Å²) in [6.07, 6.45) is 0. The fraction of sp³-hybridized carbons (Fsp3) is 0.120. The number of nitrogens with one attached hydrogen (secondary N) is 1. The topological polar surface area (TPSA) is 21.3 Å². The molecule has 0 atom stereocenters. The Kier molecular flexibility index (Phi) is 6.22. The van der Waals surface area contributed by atoms with Gasteiger partial charge >= 0.3 is 0 Å². The Balaban J connectivity index is 1.48. The molecule has 0 aromatic heterocycles. The molecule has 0 saturated heterocycles. The van der Waals surface area contributed by atoms with Gasteiger partial charge in [0, 0.05) is 12.2 Å². The molecule has 4 heteroatoms. The molecule has 0 aliphatic heterocycles. The van der Waals surface area contributed by atoms with Crippen LogP contribution in [0.25, 0.3) is 10.8 Å². The Labute approximate surface area is 188 Å². The number of benzene rings is 4. The van der Waals surface area contributed by atoms with Crippen molar-refractivity contribution >= 4 is 48.3 Å². The van der Waals surface area contributed by atoms with Gasteiger partial charge in [0.25, 0.3) is 0 Å². The predicted molar refractivity (Wildman–Crippen MR) is 129 cm³/mol. The Hall–Kier alpha value is -2.30. The van der Waals surface area contributed by atoms with E-state index in [0.29, 0.717) is 6.61 Å². The summed E-state index contributed by atoms with van der Waals surface area (Å²) in [5.41, 5.74) is 4.71. The number of hydrogen-bond acceptors (Lipinski definition) is 2. The van der Waals surface area contributed by atoms with Gasteiger partial charge in [0.05, 0.1) is 8.95 Å². The molecule has 4 aromatic carbocycles. The zero-order chi connectivity index (χ0) is 20.2. The minimum absolute atomic E-state index is 0.513. The number of ether oxygens (including phenoxy) is 1. The third-order valence-corrected chi connectivity index (χ3v) is 6.00. The summed E-state index contributed by atoms with van der Waals surface area (Å²) in [6, 6.07) is 27.3. The SMILES string of the molecule is Cc1cccc(NCc2cc(Br)c(OCc3cccc4ccccc34)c(Br)c2)c1. The number of halogens is 2. The maximum atomic E-state index is 6.18. The van der Waals surface area contributed by atoms with E-state index in [2.05, 4.69) is 123 Å². The van der Waals surface area contributed by atoms with Crippen LogP contribution in [0.3, 0.4) is 0 Å². The molecule has 0 aliphatic rings. The molecule has 2 nitrogen and oxygen atoms in total. The van der Waals surface area contributed by atoms with Crippen molar-refractivity contribution in [1.29, 1.82) is 0 Å². The van der Waals surface area contributed by atoms with Gasteiger partial charge in [0.15, 0.2) is 0 Å². The van der Waals surface area contributed by atoms with E-state index in [1.165, 1.54) is 27.5 Å². The highest BCUT2D eigenvalue weighted by Gasteiger charge is 2.11. The van der Waals surface area contributed by atoms with Gasteiger partial charge in [-0.1, -0.05) is 54.6 Å². The smallest absolute Gasteiger partial charge is 0.148 e. The van der Waals surface area contributed by atoms with Crippen LogP contribution in [0.4, 0.5) is 5.69 Å². The number of rotatable bonds is 6. The third-order valence-electron chi connectivity index (χ3n) is 4.82. The highest BCUT2D eigenvalue weighted by atomic mass is 79.9. The van der Waals surface area contributed by atoms with Gasteiger partial charge in [-0.05, 0) is 90.5 Å². The molecular formula is C25H21Br2NO. The Morgan fingerprint density at radius 1 is 0.828 bits per heavy atom. The van der Waals surface area contributed by atoms with E-state index in [-0.39, 0.29) is 0 Å². The molecular weight excluding hydrogens is 490 g/mol. The fourth-order valence-electron chi connectivity index (χ4n) is 3.38. The summed E-state index contributed by atoms with van der Waals surface area (Å²) in [5.74, 6) is 0.817. The highest BCUT2D eigenvalue weighted by Crippen LogP contribution is 2.36. The molecule has 4 aromatic rings. The van der Waals surface area contributed by atoms with Crippen LogP contribution in [-0.2, 0) is 13.2 Å². The van der Waals surface area contributed by atoms with Gasteiger partial charge in [0.2, 0.25) is 0 Å². The predicted octanol–water partition coefficient (Wildman–Crippen LogP) is 7.86. The molecule has 1 N–H and O–H groups in total. The van der Waals surface area contributed by atoms with Crippen molar-refractivity contribution in [2.45, 2.75) is 20.1 Å². The van der Waals surface area contributed by atoms with Crippen molar-refractivity contribution < 1.29 is 4.74 Å². The summed E-state index contributed by atoms with van der Waals surface area (Å²) in [7, 11) is 0. The minimum atomic E-state index is 0.513. The van der Waals surface area contributed by atoms with Crippen molar-refractivity contribution in [3.63, 3.8) is 0 Å². The second-order valence-electron chi connectivity index (χ2n) is 7.04. The quantitative estimate of drug-likeness (QED) is 0.285. The summed E-state index contributed by atoms with van der Waals surface area (Å²) < 4.78 is 8.06. The highest BCUT2D eigenvalue weighted by molar-refractivity contribution is 9.11. The van der Waals surface area contributed by atoms with Gasteiger partial charge in [0.1, 0.15) is 12.4 Å². The molecule has 4 rings (SSSR count). The van der Waals surface area contributed by atoms with Crippen molar-refractivity contribution in [2.75, 3.05) is 5.32 Å². The van der Waals surface area contributed by atoms with Crippen LogP contribution in [-0.4, -0.2) is 0 Å². The van der Waals surface area contributed by atoms with E-state index in [1.807, 2.05) is 0 Å². The summed E-state index contributed by atoms with van der Waals surface area (Å²) in [6.45, 7) is 3.35. The molecule has 29 heavy (non-hydrogen) atoms. The lowest BCUT2D eigenvalue weighted by Gasteiger charge is -2.14. The molecule has 0 fully saturated rings. The largest absolute Gasteiger partial charge is 0.487 e. The average molecular weight is 511 g/mol. The van der Waals surface area contributed by atoms with Crippen LogP contribution in [0.15, 0.2) is 87.8 Å². The van der Waals surface area contributed by atoms with Gasteiger partial charge in [-0.3, -0.25) is 0 Å². The molecule has 0 unspecified atom stereocenters. The van der Waals surface area contributed by atoms with E-state index in [1.54, 1.807) is 0 Å². The van der Waals surface area contributed by atoms with Crippen LogP contribution in [0.2, 0.25) is 0 Å². The Morgan fingerprint density at radius 2 is 1.55 bits per heavy atom. The van der Waals surface area contributed by atoms with Crippen LogP contribution in [0, 0.1) is 6.92 Å². The summed E-state index contributed by atoms with van der Waals surface area (Å²) in [5, 5.41) is 5.92. The van der Waals surface area contributed by atoms with E-state index in [9.17, 15) is 0 Å². The van der Waals surface area contributed by atoms with Crippen LogP contribution in [0.5, 0.6) is 5.75 Å². The monoisotopic (exact) mass is 509 g/mol. The van der Waals surface area contributed by atoms with Crippen LogP contribution < -0.4 is 10.1 Å². The molecule has 146 valence electrons. The standard InChI is InChI=1S/C25H21Br2NO/c1-17-6-4-10-21(12-17)28-15-18-13-23(26)25(24(27)14-18)29-16-20-9-5-8-19-7-2-3-11-22(19)20/h2-14,28H,15-16H2,1H3. The van der Waals surface area contributed by atoms with Gasteiger partial charge in [-0.15, -0.1) is 0 Å². The van der Waals surface area contributed by atoms with Crippen molar-refractivity contribution in [2.24, 2.45) is 0 Å². The first-order valence-electron chi connectivity index (χ1n) is 9.48. The lowest BCUT2D eigenvalue weighted by molar-refractivity contribution is 0.303. The van der Waals surface area contributed by atoms with E-state index < -0.39 is 0 Å². The normalized spacial score (nSPS) is 10.9. The zero-order valence-electron chi connectivity index (χ0n) is 16.1. The average Bonchev–Trinajstić information content (AvgIpc) is 2.72. The Bertz CT molecular complexity index is 1130. The molecule has 0 saturated carbocycles. The first-order chi connectivity index (χ1) is 14.1. The van der Waals surface area contributed by atoms with Crippen molar-refractivity contribution in [1.82, 2.24) is 0 Å². The molecule has 0 radical (unpaired) electrons. The maximum absolute atomic E-state index is 6.18. The molecule has 0 amide bonds. The second kappa shape index (κ2) is 9.02. The van der Waals surface area contributed by atoms with Gasteiger partial charge in [-0.25, -0.2) is 0 Å². The van der Waals surface area contributed by atoms with Crippen molar-refractivity contribution in [3.8, 4) is 5.75 Å². The first kappa shape index (κ1) is 20.0. The zero-order valence-corrected chi connectivity index (χ0v) is 19.3. The van der Waals surface area contributed by atoms with Crippen LogP contribution >= 0.6 is 31.9 Å². The summed E-state index contributed by atoms with van der Waals surface area (Å²) >= 11 is 7.35. The number of aryl methyl sites for hydroxylation is 1. The van der Waals surface area contributed by atoms with E-state index in [4.69, 9.17) is 4.74 Å². The maximum Gasteiger partial charge on any atom is 0.148 e. The summed E-state index contributed by atoms with van der Waals surface area (Å²) in [4.78, 5) is 0. The van der Waals surface area contributed by atoms with Crippen molar-refractivity contribution in [3.05, 3.63) is 104 Å². The first-order valence-corrected chi connectivity index (χ1v) is 11.1. The van der Waals surface area contributed by atoms with Gasteiger partial charge in [-0.2, -0.15) is 0 Å². The lowest BCUT2D eigenvalue weighted by atomic mass is 10.1. The molecule has 0 aliphatic carbocycles. The van der Waals surface area contributed by atoms with Crippen LogP contribution in [0.1, 0.15) is 16.7 Å². The second-order valence-corrected chi connectivity index (χ2v) is 8.75. The Morgan fingerprint density at radius 3 is 2.34 bits per heavy atom. The van der Waals surface area contributed by atoms with Gasteiger partial charge < -0.3 is 10.1 Å². The van der Waals surface area contributed by atoms with E-state index in [0.717, 1.165) is 26.9 Å². The number of hydrogen-bond donors (Lipinski definition) is 1. The minimum Gasteiger partial charge on any atom is -0.487 e. The molecule has 0 heterocycles. The third kappa shape index (κ3) is 4.82.